The molecule has 2 amide bonds. The molecule has 0 fully saturated rings. The molecule has 0 saturated carbocycles. The fourth-order valence-electron chi connectivity index (χ4n) is 1.64. The molecule has 0 aromatic heterocycles. The van der Waals surface area contributed by atoms with E-state index in [0.29, 0.717) is 6.29 Å². The van der Waals surface area contributed by atoms with Gasteiger partial charge in [0, 0.05) is 19.2 Å². The highest BCUT2D eigenvalue weighted by molar-refractivity contribution is 6.01. The van der Waals surface area contributed by atoms with Crippen molar-refractivity contribution in [1.82, 2.24) is 10.6 Å². The fraction of sp³-hybridized carbons (Fsp3) is 0.308. The Morgan fingerprint density at radius 1 is 1.45 bits per heavy atom. The minimum absolute atomic E-state index is 0.0509. The van der Waals surface area contributed by atoms with Crippen LogP contribution in [0.25, 0.3) is 0 Å². The zero-order valence-electron chi connectivity index (χ0n) is 11.0. The first kappa shape index (κ1) is 15.6. The number of anilines is 1. The number of halogens is 1. The van der Waals surface area contributed by atoms with Crippen molar-refractivity contribution < 1.29 is 18.8 Å². The molecule has 0 aliphatic rings. The summed E-state index contributed by atoms with van der Waals surface area (Å²) >= 11 is 0. The van der Waals surface area contributed by atoms with Gasteiger partial charge in [-0.2, -0.15) is 0 Å². The number of hydrogen-bond acceptors (Lipinski definition) is 4. The predicted molar refractivity (Wildman–Crippen MR) is 71.4 cm³/mol. The number of nitrogens with two attached hydrogens (primary N) is 1. The van der Waals surface area contributed by atoms with Crippen LogP contribution >= 0.6 is 0 Å². The normalized spacial score (nSPS) is 11.5. The predicted octanol–water partition coefficient (Wildman–Crippen LogP) is 0.231. The molecule has 20 heavy (non-hydrogen) atoms. The van der Waals surface area contributed by atoms with E-state index in [-0.39, 0.29) is 24.1 Å². The summed E-state index contributed by atoms with van der Waals surface area (Å²) in [6, 6.07) is 2.52. The molecule has 1 aromatic carbocycles. The number of likely N-dealkylation sites (N-methyl/N-ethyl adjacent to an activating group) is 1. The summed E-state index contributed by atoms with van der Waals surface area (Å²) in [5.41, 5.74) is 5.65. The van der Waals surface area contributed by atoms with Gasteiger partial charge in [0.05, 0.1) is 5.56 Å². The van der Waals surface area contributed by atoms with Crippen LogP contribution in [0.1, 0.15) is 23.2 Å². The Hall–Kier alpha value is -2.44. The van der Waals surface area contributed by atoms with Gasteiger partial charge in [0.15, 0.2) is 0 Å². The number of rotatable bonds is 6. The van der Waals surface area contributed by atoms with Gasteiger partial charge in [0.25, 0.3) is 5.91 Å². The van der Waals surface area contributed by atoms with Gasteiger partial charge in [-0.05, 0) is 24.6 Å². The van der Waals surface area contributed by atoms with Gasteiger partial charge < -0.3 is 21.2 Å². The summed E-state index contributed by atoms with van der Waals surface area (Å²) < 4.78 is 13.1. The second-order valence-electron chi connectivity index (χ2n) is 4.12. The molecule has 0 bridgehead atoms. The van der Waals surface area contributed by atoms with Crippen LogP contribution in [0.2, 0.25) is 0 Å². The number of aldehydes is 1. The number of carbonyl (C=O) groups is 3. The highest BCUT2D eigenvalue weighted by atomic mass is 19.1. The third-order valence-electron chi connectivity index (χ3n) is 2.70. The third kappa shape index (κ3) is 4.04. The van der Waals surface area contributed by atoms with Crippen molar-refractivity contribution in [2.45, 2.75) is 18.9 Å². The fourth-order valence-corrected chi connectivity index (χ4v) is 1.64. The van der Waals surface area contributed by atoms with Crippen LogP contribution in [-0.2, 0) is 9.59 Å². The minimum Gasteiger partial charge on any atom is -0.398 e. The summed E-state index contributed by atoms with van der Waals surface area (Å²) in [6.45, 7) is 0. The quantitative estimate of drug-likeness (QED) is 0.513. The van der Waals surface area contributed by atoms with Gasteiger partial charge in [-0.25, -0.2) is 4.39 Å². The van der Waals surface area contributed by atoms with Crippen LogP contribution in [0, 0.1) is 5.82 Å². The van der Waals surface area contributed by atoms with Gasteiger partial charge in [0.1, 0.15) is 18.1 Å². The van der Waals surface area contributed by atoms with Gasteiger partial charge >= 0.3 is 0 Å². The van der Waals surface area contributed by atoms with Gasteiger partial charge in [-0.1, -0.05) is 0 Å². The maximum absolute atomic E-state index is 13.1. The van der Waals surface area contributed by atoms with Crippen LogP contribution in [0.15, 0.2) is 18.2 Å². The van der Waals surface area contributed by atoms with Crippen molar-refractivity contribution in [2.75, 3.05) is 12.8 Å². The molecular formula is C13H16FN3O3. The Morgan fingerprint density at radius 3 is 2.75 bits per heavy atom. The Labute approximate surface area is 115 Å². The molecule has 0 heterocycles. The molecule has 1 atom stereocenters. The van der Waals surface area contributed by atoms with Gasteiger partial charge in [-0.3, -0.25) is 9.59 Å². The van der Waals surface area contributed by atoms with Gasteiger partial charge in [0.2, 0.25) is 5.91 Å². The van der Waals surface area contributed by atoms with E-state index in [1.54, 1.807) is 0 Å². The molecule has 1 rings (SSSR count). The highest BCUT2D eigenvalue weighted by Crippen LogP contribution is 2.13. The Kier molecular flexibility index (Phi) is 5.64. The van der Waals surface area contributed by atoms with Crippen molar-refractivity contribution in [2.24, 2.45) is 0 Å². The molecule has 4 N–H and O–H groups in total. The lowest BCUT2D eigenvalue weighted by Crippen LogP contribution is -2.45. The number of nitrogen functional groups attached to an aromatic ring is 1. The van der Waals surface area contributed by atoms with Crippen molar-refractivity contribution in [1.29, 1.82) is 0 Å². The molecule has 108 valence electrons. The number of benzene rings is 1. The van der Waals surface area contributed by atoms with E-state index in [4.69, 9.17) is 5.73 Å². The topological polar surface area (TPSA) is 101 Å². The zero-order chi connectivity index (χ0) is 15.1. The van der Waals surface area contributed by atoms with Crippen LogP contribution in [-0.4, -0.2) is 31.2 Å². The maximum Gasteiger partial charge on any atom is 0.254 e. The van der Waals surface area contributed by atoms with Crippen molar-refractivity contribution in [3.05, 3.63) is 29.6 Å². The number of nitrogens with one attached hydrogen (secondary N) is 2. The average molecular weight is 281 g/mol. The van der Waals surface area contributed by atoms with Crippen LogP contribution < -0.4 is 16.4 Å². The standard InChI is InChI=1S/C13H16FN3O3/c1-16-13(20)11(3-2-6-18)17-12(19)9-7-8(14)4-5-10(9)15/h4-7,11H,2-3,15H2,1H3,(H,16,20)(H,17,19). The number of hydrogen-bond donors (Lipinski definition) is 3. The lowest BCUT2D eigenvalue weighted by atomic mass is 10.1. The third-order valence-corrected chi connectivity index (χ3v) is 2.70. The van der Waals surface area contributed by atoms with E-state index in [2.05, 4.69) is 10.6 Å². The van der Waals surface area contributed by atoms with Crippen LogP contribution in [0.3, 0.4) is 0 Å². The lowest BCUT2D eigenvalue weighted by molar-refractivity contribution is -0.122. The molecule has 7 heteroatoms. The van der Waals surface area contributed by atoms with E-state index < -0.39 is 23.7 Å². The average Bonchev–Trinajstić information content (AvgIpc) is 2.44. The summed E-state index contributed by atoms with van der Waals surface area (Å²) in [4.78, 5) is 33.9. The van der Waals surface area contributed by atoms with E-state index in [1.165, 1.54) is 13.1 Å². The minimum atomic E-state index is -0.875. The second-order valence-corrected chi connectivity index (χ2v) is 4.12. The SMILES string of the molecule is CNC(=O)C(CCC=O)NC(=O)c1cc(F)ccc1N. The van der Waals surface area contributed by atoms with Crippen LogP contribution in [0.4, 0.5) is 10.1 Å². The monoisotopic (exact) mass is 281 g/mol. The van der Waals surface area contributed by atoms with E-state index >= 15 is 0 Å². The van der Waals surface area contributed by atoms with Gasteiger partial charge in [-0.15, -0.1) is 0 Å². The summed E-state index contributed by atoms with van der Waals surface area (Å²) in [5, 5.41) is 4.81. The Bertz CT molecular complexity index is 520. The first-order valence-corrected chi connectivity index (χ1v) is 6.00. The molecule has 0 spiro atoms. The Morgan fingerprint density at radius 2 is 2.15 bits per heavy atom. The number of amides is 2. The highest BCUT2D eigenvalue weighted by Gasteiger charge is 2.21. The largest absolute Gasteiger partial charge is 0.398 e. The molecule has 0 aliphatic carbocycles. The van der Waals surface area contributed by atoms with Crippen molar-refractivity contribution in [3.8, 4) is 0 Å². The maximum atomic E-state index is 13.1. The van der Waals surface area contributed by atoms with Crippen molar-refractivity contribution >= 4 is 23.8 Å². The molecule has 1 unspecified atom stereocenters. The molecular weight excluding hydrogens is 265 g/mol. The lowest BCUT2D eigenvalue weighted by Gasteiger charge is -2.16. The van der Waals surface area contributed by atoms with E-state index in [0.717, 1.165) is 12.1 Å². The zero-order valence-corrected chi connectivity index (χ0v) is 11.0. The van der Waals surface area contributed by atoms with Crippen LogP contribution in [0.5, 0.6) is 0 Å². The summed E-state index contributed by atoms with van der Waals surface area (Å²) in [7, 11) is 1.42. The molecule has 0 radical (unpaired) electrons. The summed E-state index contributed by atoms with van der Waals surface area (Å²) in [5.74, 6) is -1.70. The van der Waals surface area contributed by atoms with E-state index in [1.807, 2.05) is 0 Å². The first-order valence-electron chi connectivity index (χ1n) is 6.00. The molecule has 0 aliphatic heterocycles. The second kappa shape index (κ2) is 7.22. The smallest absolute Gasteiger partial charge is 0.254 e. The first-order chi connectivity index (χ1) is 9.49. The molecule has 6 nitrogen and oxygen atoms in total. The number of carbonyl (C=O) groups excluding carboxylic acids is 3. The molecule has 1 aromatic rings. The molecule has 0 saturated heterocycles. The summed E-state index contributed by atoms with van der Waals surface area (Å²) in [6.07, 6.45) is 0.930. The van der Waals surface area contributed by atoms with E-state index in [9.17, 15) is 18.8 Å². The van der Waals surface area contributed by atoms with Crippen molar-refractivity contribution in [3.63, 3.8) is 0 Å². The Balaban J connectivity index is 2.86.